The maximum atomic E-state index is 13.1. The fourth-order valence-electron chi connectivity index (χ4n) is 2.83. The standard InChI is InChI=1S/C19H19N3O5S/c1-11-4-3-5-12(8-11)16-21-17-15(13(10-28-17)19(25)26)18(24)22(16)9-14(23)20-6-7-27-2/h3-5,8,10H,6-7,9H2,1-2H3,(H,20,23)(H,25,26). The molecule has 2 heterocycles. The third-order valence-corrected chi connectivity index (χ3v) is 5.00. The number of benzene rings is 1. The zero-order valence-corrected chi connectivity index (χ0v) is 16.2. The molecule has 1 aromatic carbocycles. The molecule has 2 aromatic heterocycles. The van der Waals surface area contributed by atoms with Crippen LogP contribution >= 0.6 is 11.3 Å². The molecule has 0 bridgehead atoms. The first-order valence-electron chi connectivity index (χ1n) is 8.50. The van der Waals surface area contributed by atoms with Gasteiger partial charge in [0.05, 0.1) is 17.6 Å². The van der Waals surface area contributed by atoms with Crippen LogP contribution in [0.2, 0.25) is 0 Å². The molecule has 0 unspecified atom stereocenters. The van der Waals surface area contributed by atoms with Crippen LogP contribution in [0, 0.1) is 6.92 Å². The van der Waals surface area contributed by atoms with E-state index in [0.29, 0.717) is 29.4 Å². The number of hydrogen-bond donors (Lipinski definition) is 2. The summed E-state index contributed by atoms with van der Waals surface area (Å²) in [7, 11) is 1.52. The van der Waals surface area contributed by atoms with Crippen molar-refractivity contribution < 1.29 is 19.4 Å². The van der Waals surface area contributed by atoms with Gasteiger partial charge >= 0.3 is 5.97 Å². The Balaban J connectivity index is 2.16. The van der Waals surface area contributed by atoms with E-state index in [2.05, 4.69) is 10.3 Å². The SMILES string of the molecule is COCCNC(=O)Cn1c(-c2cccc(C)c2)nc2scc(C(=O)O)c2c1=O. The number of aromatic nitrogens is 2. The highest BCUT2D eigenvalue weighted by atomic mass is 32.1. The van der Waals surface area contributed by atoms with Gasteiger partial charge in [-0.05, 0) is 13.0 Å². The minimum atomic E-state index is -1.20. The number of fused-ring (bicyclic) bond motifs is 1. The Morgan fingerprint density at radius 1 is 1.36 bits per heavy atom. The molecule has 8 nitrogen and oxygen atoms in total. The molecule has 146 valence electrons. The highest BCUT2D eigenvalue weighted by molar-refractivity contribution is 7.17. The summed E-state index contributed by atoms with van der Waals surface area (Å²) >= 11 is 1.09. The average Bonchev–Trinajstić information content (AvgIpc) is 3.08. The summed E-state index contributed by atoms with van der Waals surface area (Å²) in [6.45, 7) is 2.29. The van der Waals surface area contributed by atoms with Crippen molar-refractivity contribution >= 4 is 33.4 Å². The van der Waals surface area contributed by atoms with E-state index in [1.54, 1.807) is 6.07 Å². The van der Waals surface area contributed by atoms with E-state index in [0.717, 1.165) is 16.9 Å². The van der Waals surface area contributed by atoms with Crippen molar-refractivity contribution in [2.24, 2.45) is 0 Å². The van der Waals surface area contributed by atoms with Crippen molar-refractivity contribution in [2.45, 2.75) is 13.5 Å². The quantitative estimate of drug-likeness (QED) is 0.585. The predicted molar refractivity (Wildman–Crippen MR) is 106 cm³/mol. The summed E-state index contributed by atoms with van der Waals surface area (Å²) in [5.74, 6) is -1.27. The van der Waals surface area contributed by atoms with Crippen molar-refractivity contribution in [1.82, 2.24) is 14.9 Å². The predicted octanol–water partition coefficient (Wildman–Crippen LogP) is 1.89. The van der Waals surface area contributed by atoms with Crippen molar-refractivity contribution in [1.29, 1.82) is 0 Å². The number of carboxylic acids is 1. The number of carboxylic acid groups (broad SMARTS) is 1. The van der Waals surface area contributed by atoms with Gasteiger partial charge in [-0.2, -0.15) is 0 Å². The van der Waals surface area contributed by atoms with E-state index in [1.165, 1.54) is 17.1 Å². The van der Waals surface area contributed by atoms with Crippen molar-refractivity contribution in [3.05, 3.63) is 51.1 Å². The molecule has 0 atom stereocenters. The number of amides is 1. The van der Waals surface area contributed by atoms with Crippen molar-refractivity contribution in [3.8, 4) is 11.4 Å². The zero-order valence-electron chi connectivity index (χ0n) is 15.4. The molecule has 28 heavy (non-hydrogen) atoms. The molecule has 3 aromatic rings. The Hall–Kier alpha value is -3.04. The van der Waals surface area contributed by atoms with E-state index in [1.807, 2.05) is 25.1 Å². The molecule has 0 spiro atoms. The summed E-state index contributed by atoms with van der Waals surface area (Å²) in [5, 5.41) is 13.4. The molecule has 9 heteroatoms. The topological polar surface area (TPSA) is 111 Å². The number of nitrogens with zero attached hydrogens (tertiary/aromatic N) is 2. The van der Waals surface area contributed by atoms with Gasteiger partial charge < -0.3 is 15.2 Å². The molecule has 0 fully saturated rings. The fraction of sp³-hybridized carbons (Fsp3) is 0.263. The van der Waals surface area contributed by atoms with Crippen molar-refractivity contribution in [2.75, 3.05) is 20.3 Å². The van der Waals surface area contributed by atoms with E-state index in [4.69, 9.17) is 4.74 Å². The average molecular weight is 401 g/mol. The van der Waals surface area contributed by atoms with Crippen LogP contribution in [0.3, 0.4) is 0 Å². The van der Waals surface area contributed by atoms with Crippen LogP contribution in [0.5, 0.6) is 0 Å². The van der Waals surface area contributed by atoms with Crippen LogP contribution in [0.1, 0.15) is 15.9 Å². The number of aromatic carboxylic acids is 1. The molecule has 0 aliphatic rings. The number of nitrogens with one attached hydrogen (secondary N) is 1. The molecule has 0 saturated heterocycles. The van der Waals surface area contributed by atoms with Gasteiger partial charge in [0.1, 0.15) is 17.2 Å². The van der Waals surface area contributed by atoms with E-state index < -0.39 is 11.5 Å². The van der Waals surface area contributed by atoms with Crippen LogP contribution in [0.25, 0.3) is 21.6 Å². The number of aryl methyl sites for hydroxylation is 1. The first kappa shape index (κ1) is 19.7. The lowest BCUT2D eigenvalue weighted by Gasteiger charge is -2.13. The van der Waals surface area contributed by atoms with Gasteiger partial charge in [0.15, 0.2) is 0 Å². The number of ether oxygens (including phenoxy) is 1. The molecule has 3 rings (SSSR count). The number of thiophene rings is 1. The molecule has 0 saturated carbocycles. The first-order valence-corrected chi connectivity index (χ1v) is 9.38. The molecule has 0 aliphatic heterocycles. The maximum Gasteiger partial charge on any atom is 0.337 e. The van der Waals surface area contributed by atoms with Crippen LogP contribution in [0.15, 0.2) is 34.4 Å². The van der Waals surface area contributed by atoms with Gasteiger partial charge in [0.2, 0.25) is 5.91 Å². The normalized spacial score (nSPS) is 10.9. The Morgan fingerprint density at radius 2 is 2.14 bits per heavy atom. The Labute approximate surface area is 164 Å². The van der Waals surface area contributed by atoms with Gasteiger partial charge in [-0.3, -0.25) is 14.2 Å². The molecule has 0 aliphatic carbocycles. The van der Waals surface area contributed by atoms with Gasteiger partial charge in [-0.25, -0.2) is 9.78 Å². The van der Waals surface area contributed by atoms with Crippen LogP contribution < -0.4 is 10.9 Å². The first-order chi connectivity index (χ1) is 13.4. The lowest BCUT2D eigenvalue weighted by Crippen LogP contribution is -2.35. The molecule has 0 radical (unpaired) electrons. The smallest absolute Gasteiger partial charge is 0.337 e. The summed E-state index contributed by atoms with van der Waals surface area (Å²) in [4.78, 5) is 41.8. The fourth-order valence-corrected chi connectivity index (χ4v) is 3.73. The van der Waals surface area contributed by atoms with E-state index in [-0.39, 0.29) is 23.4 Å². The summed E-state index contributed by atoms with van der Waals surface area (Å²) in [6.07, 6.45) is 0. The Kier molecular flexibility index (Phi) is 5.86. The van der Waals surface area contributed by atoms with Crippen LogP contribution in [0.4, 0.5) is 0 Å². The number of carbonyl (C=O) groups is 2. The summed E-state index contributed by atoms with van der Waals surface area (Å²) in [5.41, 5.74) is 0.984. The van der Waals surface area contributed by atoms with E-state index in [9.17, 15) is 19.5 Å². The minimum Gasteiger partial charge on any atom is -0.478 e. The van der Waals surface area contributed by atoms with Gasteiger partial charge in [-0.1, -0.05) is 23.8 Å². The monoisotopic (exact) mass is 401 g/mol. The van der Waals surface area contributed by atoms with Crippen LogP contribution in [-0.4, -0.2) is 46.8 Å². The maximum absolute atomic E-state index is 13.1. The van der Waals surface area contributed by atoms with Crippen LogP contribution in [-0.2, 0) is 16.1 Å². The van der Waals surface area contributed by atoms with Crippen molar-refractivity contribution in [3.63, 3.8) is 0 Å². The third kappa shape index (κ3) is 3.95. The number of methoxy groups -OCH3 is 1. The molecule has 2 N–H and O–H groups in total. The lowest BCUT2D eigenvalue weighted by molar-refractivity contribution is -0.121. The van der Waals surface area contributed by atoms with E-state index >= 15 is 0 Å². The van der Waals surface area contributed by atoms with Gasteiger partial charge in [0.25, 0.3) is 5.56 Å². The number of carbonyl (C=O) groups excluding carboxylic acids is 1. The molecule has 1 amide bonds. The lowest BCUT2D eigenvalue weighted by atomic mass is 10.1. The third-order valence-electron chi connectivity index (χ3n) is 4.13. The second-order valence-corrected chi connectivity index (χ2v) is 7.03. The Morgan fingerprint density at radius 3 is 2.82 bits per heavy atom. The van der Waals surface area contributed by atoms with Gasteiger partial charge in [0, 0.05) is 24.6 Å². The second-order valence-electron chi connectivity index (χ2n) is 6.17. The number of hydrogen-bond acceptors (Lipinski definition) is 6. The zero-order chi connectivity index (χ0) is 20.3. The summed E-state index contributed by atoms with van der Waals surface area (Å²) < 4.78 is 6.12. The van der Waals surface area contributed by atoms with Gasteiger partial charge in [-0.15, -0.1) is 11.3 Å². The second kappa shape index (κ2) is 8.32. The molecular formula is C19H19N3O5S. The largest absolute Gasteiger partial charge is 0.478 e. The summed E-state index contributed by atoms with van der Waals surface area (Å²) in [6, 6.07) is 7.40. The highest BCUT2D eigenvalue weighted by Crippen LogP contribution is 2.25. The minimum absolute atomic E-state index is 0.0126. The number of rotatable bonds is 7. The molecular weight excluding hydrogens is 382 g/mol. The highest BCUT2D eigenvalue weighted by Gasteiger charge is 2.21. The Bertz CT molecular complexity index is 1100.